The Labute approximate surface area is 133 Å². The van der Waals surface area contributed by atoms with E-state index in [0.717, 1.165) is 12.8 Å². The van der Waals surface area contributed by atoms with Gasteiger partial charge in [0.2, 0.25) is 0 Å². The summed E-state index contributed by atoms with van der Waals surface area (Å²) in [4.78, 5) is 11.9. The summed E-state index contributed by atoms with van der Waals surface area (Å²) < 4.78 is 15.1. The zero-order valence-electron chi connectivity index (χ0n) is 13.9. The number of carbonyl (C=O) groups is 1. The van der Waals surface area contributed by atoms with Crippen LogP contribution in [0.2, 0.25) is 0 Å². The summed E-state index contributed by atoms with van der Waals surface area (Å²) in [6, 6.07) is 0. The van der Waals surface area contributed by atoms with Gasteiger partial charge in [0.25, 0.3) is 0 Å². The molecule has 0 aromatic carbocycles. The number of rotatable bonds is 14. The van der Waals surface area contributed by atoms with Gasteiger partial charge in [-0.05, 0) is 18.9 Å². The Morgan fingerprint density at radius 1 is 1.09 bits per heavy atom. The number of esters is 1. The zero-order valence-corrected chi connectivity index (χ0v) is 13.9. The maximum Gasteiger partial charge on any atom is 0.337 e. The molecule has 0 aliphatic heterocycles. The standard InChI is InChI=1S/C17H30O5/c1-3-4-5-6-7-8-9-16(10-11-18)17(19)22-15-14-21-13-12-20-2/h8-10,18H,3-7,11-15H2,1-2H3. The average molecular weight is 314 g/mol. The van der Waals surface area contributed by atoms with Gasteiger partial charge in [-0.2, -0.15) is 0 Å². The molecule has 0 unspecified atom stereocenters. The molecule has 0 spiro atoms. The zero-order chi connectivity index (χ0) is 16.5. The first-order chi connectivity index (χ1) is 10.8. The van der Waals surface area contributed by atoms with Crippen molar-refractivity contribution in [3.8, 4) is 0 Å². The van der Waals surface area contributed by atoms with Gasteiger partial charge in [-0.1, -0.05) is 38.3 Å². The minimum absolute atomic E-state index is 0.186. The second-order valence-electron chi connectivity index (χ2n) is 4.83. The van der Waals surface area contributed by atoms with E-state index in [2.05, 4.69) is 6.92 Å². The molecule has 5 nitrogen and oxygen atoms in total. The summed E-state index contributed by atoms with van der Waals surface area (Å²) in [6.07, 6.45) is 10.8. The minimum atomic E-state index is -0.436. The third-order valence-corrected chi connectivity index (χ3v) is 2.96. The van der Waals surface area contributed by atoms with Crippen LogP contribution in [0.1, 0.15) is 39.0 Å². The Kier molecular flexibility index (Phi) is 15.3. The Morgan fingerprint density at radius 2 is 1.86 bits per heavy atom. The molecule has 0 fully saturated rings. The molecule has 0 aliphatic carbocycles. The van der Waals surface area contributed by atoms with E-state index in [1.165, 1.54) is 25.3 Å². The molecule has 0 saturated heterocycles. The van der Waals surface area contributed by atoms with Gasteiger partial charge in [0.1, 0.15) is 6.61 Å². The third-order valence-electron chi connectivity index (χ3n) is 2.96. The van der Waals surface area contributed by atoms with E-state index in [1.54, 1.807) is 13.2 Å². The van der Waals surface area contributed by atoms with E-state index < -0.39 is 5.97 Å². The van der Waals surface area contributed by atoms with E-state index in [9.17, 15) is 4.79 Å². The van der Waals surface area contributed by atoms with Crippen molar-refractivity contribution < 1.29 is 24.1 Å². The summed E-state index contributed by atoms with van der Waals surface area (Å²) in [5, 5.41) is 8.97. The highest BCUT2D eigenvalue weighted by atomic mass is 16.6. The van der Waals surface area contributed by atoms with Crippen LogP contribution in [-0.2, 0) is 19.0 Å². The molecule has 0 rings (SSSR count). The molecule has 0 radical (unpaired) electrons. The predicted molar refractivity (Wildman–Crippen MR) is 86.7 cm³/mol. The molecule has 0 saturated carbocycles. The second kappa shape index (κ2) is 16.2. The van der Waals surface area contributed by atoms with Crippen molar-refractivity contribution in [2.24, 2.45) is 0 Å². The highest BCUT2D eigenvalue weighted by Crippen LogP contribution is 2.06. The maximum atomic E-state index is 11.9. The van der Waals surface area contributed by atoms with Gasteiger partial charge in [0.05, 0.1) is 32.0 Å². The normalized spacial score (nSPS) is 12.0. The van der Waals surface area contributed by atoms with Crippen LogP contribution in [-0.4, -0.2) is 51.2 Å². The quantitative estimate of drug-likeness (QED) is 0.231. The molecule has 0 aromatic rings. The van der Waals surface area contributed by atoms with Gasteiger partial charge in [0.15, 0.2) is 0 Å². The Balaban J connectivity index is 3.97. The lowest BCUT2D eigenvalue weighted by Gasteiger charge is -2.06. The highest BCUT2D eigenvalue weighted by Gasteiger charge is 2.07. The van der Waals surface area contributed by atoms with Crippen molar-refractivity contribution in [1.82, 2.24) is 0 Å². The lowest BCUT2D eigenvalue weighted by Crippen LogP contribution is -2.13. The molecular weight excluding hydrogens is 284 g/mol. The van der Waals surface area contributed by atoms with Crippen LogP contribution in [0.4, 0.5) is 0 Å². The fraction of sp³-hybridized carbons (Fsp3) is 0.706. The van der Waals surface area contributed by atoms with Crippen LogP contribution in [0, 0.1) is 0 Å². The number of carbonyl (C=O) groups excluding carboxylic acids is 1. The monoisotopic (exact) mass is 314 g/mol. The van der Waals surface area contributed by atoms with E-state index in [4.69, 9.17) is 19.3 Å². The summed E-state index contributed by atoms with van der Waals surface area (Å²) in [6.45, 7) is 3.51. The lowest BCUT2D eigenvalue weighted by atomic mass is 10.1. The molecule has 0 heterocycles. The van der Waals surface area contributed by atoms with Gasteiger partial charge in [-0.25, -0.2) is 4.79 Å². The van der Waals surface area contributed by atoms with E-state index in [1.807, 2.05) is 6.08 Å². The van der Waals surface area contributed by atoms with Crippen molar-refractivity contribution in [1.29, 1.82) is 0 Å². The maximum absolute atomic E-state index is 11.9. The first-order valence-corrected chi connectivity index (χ1v) is 7.97. The SMILES string of the molecule is CCCCCCC=CC(=CCO)C(=O)OCCOCCOC. The van der Waals surface area contributed by atoms with Gasteiger partial charge in [-0.15, -0.1) is 0 Å². The number of aliphatic hydroxyl groups is 1. The average Bonchev–Trinajstić information content (AvgIpc) is 2.52. The number of hydrogen-bond donors (Lipinski definition) is 1. The minimum Gasteiger partial charge on any atom is -0.460 e. The van der Waals surface area contributed by atoms with Crippen LogP contribution in [0.25, 0.3) is 0 Å². The third kappa shape index (κ3) is 12.6. The first kappa shape index (κ1) is 20.8. The van der Waals surface area contributed by atoms with Gasteiger partial charge in [0, 0.05) is 7.11 Å². The molecule has 1 N–H and O–H groups in total. The van der Waals surface area contributed by atoms with Crippen LogP contribution in [0.3, 0.4) is 0 Å². The molecule has 0 bridgehead atoms. The predicted octanol–water partition coefficient (Wildman–Crippen LogP) is 2.64. The number of aliphatic hydroxyl groups excluding tert-OH is 1. The summed E-state index contributed by atoms with van der Waals surface area (Å²) in [5.41, 5.74) is 0.384. The summed E-state index contributed by atoms with van der Waals surface area (Å²) >= 11 is 0. The van der Waals surface area contributed by atoms with Crippen molar-refractivity contribution in [3.63, 3.8) is 0 Å². The van der Waals surface area contributed by atoms with Crippen molar-refractivity contribution in [2.45, 2.75) is 39.0 Å². The smallest absolute Gasteiger partial charge is 0.337 e. The van der Waals surface area contributed by atoms with E-state index in [0.29, 0.717) is 25.4 Å². The summed E-state index contributed by atoms with van der Waals surface area (Å²) in [5.74, 6) is -0.436. The second-order valence-corrected chi connectivity index (χ2v) is 4.83. The van der Waals surface area contributed by atoms with Crippen LogP contribution < -0.4 is 0 Å². The summed E-state index contributed by atoms with van der Waals surface area (Å²) in [7, 11) is 1.60. The van der Waals surface area contributed by atoms with Gasteiger partial charge < -0.3 is 19.3 Å². The lowest BCUT2D eigenvalue weighted by molar-refractivity contribution is -0.140. The fourth-order valence-electron chi connectivity index (χ4n) is 1.74. The number of unbranched alkanes of at least 4 members (excludes halogenated alkanes) is 4. The van der Waals surface area contributed by atoms with Crippen LogP contribution in [0.15, 0.2) is 23.8 Å². The molecule has 5 heteroatoms. The topological polar surface area (TPSA) is 65.0 Å². The van der Waals surface area contributed by atoms with Crippen molar-refractivity contribution >= 4 is 5.97 Å². The Hall–Kier alpha value is -1.17. The van der Waals surface area contributed by atoms with E-state index in [-0.39, 0.29) is 13.2 Å². The molecule has 0 atom stereocenters. The molecule has 0 aliphatic rings. The Morgan fingerprint density at radius 3 is 2.55 bits per heavy atom. The van der Waals surface area contributed by atoms with Gasteiger partial charge in [-0.3, -0.25) is 0 Å². The number of hydrogen-bond acceptors (Lipinski definition) is 5. The van der Waals surface area contributed by atoms with Crippen LogP contribution in [0.5, 0.6) is 0 Å². The van der Waals surface area contributed by atoms with Crippen molar-refractivity contribution in [3.05, 3.63) is 23.8 Å². The Bertz CT molecular complexity index is 323. The number of methoxy groups -OCH3 is 1. The largest absolute Gasteiger partial charge is 0.460 e. The molecule has 22 heavy (non-hydrogen) atoms. The first-order valence-electron chi connectivity index (χ1n) is 7.97. The van der Waals surface area contributed by atoms with Crippen LogP contribution >= 0.6 is 0 Å². The molecule has 0 aromatic heterocycles. The van der Waals surface area contributed by atoms with Crippen molar-refractivity contribution in [2.75, 3.05) is 40.1 Å². The fourth-order valence-corrected chi connectivity index (χ4v) is 1.74. The molecular formula is C17H30O5. The number of ether oxygens (including phenoxy) is 3. The highest BCUT2D eigenvalue weighted by molar-refractivity contribution is 5.91. The molecule has 128 valence electrons. The number of allylic oxidation sites excluding steroid dienone is 1. The van der Waals surface area contributed by atoms with E-state index >= 15 is 0 Å². The van der Waals surface area contributed by atoms with Gasteiger partial charge >= 0.3 is 5.97 Å². The molecule has 0 amide bonds.